The summed E-state index contributed by atoms with van der Waals surface area (Å²) in [6.07, 6.45) is 1.10. The Labute approximate surface area is 132 Å². The number of rotatable bonds is 6. The van der Waals surface area contributed by atoms with Gasteiger partial charge in [-0.15, -0.1) is 12.4 Å². The highest BCUT2D eigenvalue weighted by Crippen LogP contribution is 2.17. The Hall–Kier alpha value is -1.59. The summed E-state index contributed by atoms with van der Waals surface area (Å²) in [6.45, 7) is 5.26. The van der Waals surface area contributed by atoms with E-state index in [0.29, 0.717) is 12.8 Å². The molecule has 0 radical (unpaired) electrons. The normalized spacial score (nSPS) is 12.8. The van der Waals surface area contributed by atoms with Crippen molar-refractivity contribution in [2.45, 2.75) is 45.7 Å². The molecule has 118 valence electrons. The second kappa shape index (κ2) is 9.37. The van der Waals surface area contributed by atoms with Gasteiger partial charge in [-0.3, -0.25) is 9.59 Å². The molecule has 6 heteroatoms. The molecule has 5 nitrogen and oxygen atoms in total. The van der Waals surface area contributed by atoms with Crippen LogP contribution < -0.4 is 16.4 Å². The summed E-state index contributed by atoms with van der Waals surface area (Å²) in [5, 5.41) is 5.65. The topological polar surface area (TPSA) is 84.2 Å². The van der Waals surface area contributed by atoms with Crippen molar-refractivity contribution < 1.29 is 9.59 Å². The van der Waals surface area contributed by atoms with Gasteiger partial charge in [0.1, 0.15) is 0 Å². The second-order valence-corrected chi connectivity index (χ2v) is 5.11. The summed E-state index contributed by atoms with van der Waals surface area (Å²) in [7, 11) is 0. The summed E-state index contributed by atoms with van der Waals surface area (Å²) in [5.41, 5.74) is 7.31. The lowest BCUT2D eigenvalue weighted by Crippen LogP contribution is -2.28. The number of carbonyl (C=O) groups is 2. The minimum atomic E-state index is -0.115. The maximum Gasteiger partial charge on any atom is 0.221 e. The third-order valence-electron chi connectivity index (χ3n) is 2.91. The van der Waals surface area contributed by atoms with Crippen LogP contribution in [0.1, 0.15) is 45.2 Å². The van der Waals surface area contributed by atoms with Crippen molar-refractivity contribution in [3.8, 4) is 0 Å². The summed E-state index contributed by atoms with van der Waals surface area (Å²) >= 11 is 0. The maximum atomic E-state index is 11.8. The lowest BCUT2D eigenvalue weighted by molar-refractivity contribution is -0.122. The number of amides is 2. The Morgan fingerprint density at radius 3 is 2.52 bits per heavy atom. The zero-order valence-corrected chi connectivity index (χ0v) is 13.5. The van der Waals surface area contributed by atoms with E-state index in [2.05, 4.69) is 10.6 Å². The summed E-state index contributed by atoms with van der Waals surface area (Å²) in [5.74, 6) is -0.129. The summed E-state index contributed by atoms with van der Waals surface area (Å²) in [4.78, 5) is 22.8. The number of anilines is 1. The average molecular weight is 314 g/mol. The molecule has 21 heavy (non-hydrogen) atoms. The molecule has 0 bridgehead atoms. The number of hydrogen-bond acceptors (Lipinski definition) is 3. The Morgan fingerprint density at radius 2 is 1.95 bits per heavy atom. The van der Waals surface area contributed by atoms with Crippen molar-refractivity contribution in [3.05, 3.63) is 29.8 Å². The highest BCUT2D eigenvalue weighted by atomic mass is 35.5. The van der Waals surface area contributed by atoms with Crippen molar-refractivity contribution in [3.63, 3.8) is 0 Å². The smallest absolute Gasteiger partial charge is 0.221 e. The van der Waals surface area contributed by atoms with Crippen LogP contribution in [-0.2, 0) is 9.59 Å². The van der Waals surface area contributed by atoms with Gasteiger partial charge in [-0.2, -0.15) is 0 Å². The van der Waals surface area contributed by atoms with Crippen molar-refractivity contribution in [1.82, 2.24) is 5.32 Å². The van der Waals surface area contributed by atoms with E-state index in [0.717, 1.165) is 11.3 Å². The Balaban J connectivity index is 0.00000400. The fraction of sp³-hybridized carbons (Fsp3) is 0.467. The van der Waals surface area contributed by atoms with Gasteiger partial charge in [0.15, 0.2) is 0 Å². The minimum Gasteiger partial charge on any atom is -0.350 e. The molecule has 1 rings (SSSR count). The first-order valence-corrected chi connectivity index (χ1v) is 6.81. The molecular weight excluding hydrogens is 290 g/mol. The first kappa shape index (κ1) is 19.4. The predicted octanol–water partition coefficient (Wildman–Crippen LogP) is 2.37. The molecule has 2 atom stereocenters. The van der Waals surface area contributed by atoms with Crippen LogP contribution in [-0.4, -0.2) is 17.9 Å². The van der Waals surface area contributed by atoms with E-state index in [4.69, 9.17) is 5.73 Å². The van der Waals surface area contributed by atoms with Crippen LogP contribution in [0, 0.1) is 0 Å². The fourth-order valence-electron chi connectivity index (χ4n) is 1.84. The van der Waals surface area contributed by atoms with E-state index in [9.17, 15) is 9.59 Å². The van der Waals surface area contributed by atoms with Gasteiger partial charge < -0.3 is 16.4 Å². The van der Waals surface area contributed by atoms with Gasteiger partial charge in [-0.25, -0.2) is 0 Å². The largest absolute Gasteiger partial charge is 0.350 e. The molecule has 0 saturated heterocycles. The zero-order valence-electron chi connectivity index (χ0n) is 12.7. The minimum absolute atomic E-state index is 0. The van der Waals surface area contributed by atoms with Gasteiger partial charge in [-0.05, 0) is 38.0 Å². The second-order valence-electron chi connectivity index (χ2n) is 5.11. The zero-order chi connectivity index (χ0) is 15.1. The van der Waals surface area contributed by atoms with Gasteiger partial charge in [0.2, 0.25) is 11.8 Å². The number of carbonyl (C=O) groups excluding carboxylic acids is 2. The molecule has 0 aliphatic rings. The molecule has 2 unspecified atom stereocenters. The first-order chi connectivity index (χ1) is 9.38. The molecule has 0 saturated carbocycles. The van der Waals surface area contributed by atoms with E-state index in [1.807, 2.05) is 38.1 Å². The predicted molar refractivity (Wildman–Crippen MR) is 87.4 cm³/mol. The van der Waals surface area contributed by atoms with Crippen molar-refractivity contribution in [2.24, 2.45) is 5.73 Å². The van der Waals surface area contributed by atoms with E-state index in [1.165, 1.54) is 6.92 Å². The average Bonchev–Trinajstić information content (AvgIpc) is 2.36. The Morgan fingerprint density at radius 1 is 1.29 bits per heavy atom. The Kier molecular flexibility index (Phi) is 8.66. The van der Waals surface area contributed by atoms with Gasteiger partial charge >= 0.3 is 0 Å². The lowest BCUT2D eigenvalue weighted by Gasteiger charge is -2.16. The molecule has 0 spiro atoms. The molecule has 0 aliphatic carbocycles. The fourth-order valence-corrected chi connectivity index (χ4v) is 1.84. The van der Waals surface area contributed by atoms with E-state index < -0.39 is 0 Å². The van der Waals surface area contributed by atoms with Gasteiger partial charge in [-0.1, -0.05) is 12.1 Å². The van der Waals surface area contributed by atoms with Crippen LogP contribution in [0.25, 0.3) is 0 Å². The van der Waals surface area contributed by atoms with Crippen LogP contribution in [0.2, 0.25) is 0 Å². The van der Waals surface area contributed by atoms with Gasteiger partial charge in [0.05, 0.1) is 6.04 Å². The lowest BCUT2D eigenvalue weighted by atomic mass is 10.1. The highest BCUT2D eigenvalue weighted by molar-refractivity contribution is 5.88. The van der Waals surface area contributed by atoms with Crippen molar-refractivity contribution in [1.29, 1.82) is 0 Å². The van der Waals surface area contributed by atoms with E-state index >= 15 is 0 Å². The first-order valence-electron chi connectivity index (χ1n) is 6.81. The third-order valence-corrected chi connectivity index (χ3v) is 2.91. The molecule has 4 N–H and O–H groups in total. The molecule has 1 aromatic carbocycles. The van der Waals surface area contributed by atoms with E-state index in [1.54, 1.807) is 0 Å². The van der Waals surface area contributed by atoms with Crippen LogP contribution in [0.4, 0.5) is 5.69 Å². The number of benzene rings is 1. The maximum absolute atomic E-state index is 11.8. The van der Waals surface area contributed by atoms with Gasteiger partial charge in [0.25, 0.3) is 0 Å². The van der Waals surface area contributed by atoms with Crippen LogP contribution in [0.3, 0.4) is 0 Å². The number of nitrogens with two attached hydrogens (primary N) is 1. The molecule has 0 fully saturated rings. The van der Waals surface area contributed by atoms with Gasteiger partial charge in [0, 0.05) is 25.1 Å². The summed E-state index contributed by atoms with van der Waals surface area (Å²) < 4.78 is 0. The molecule has 1 aromatic rings. The highest BCUT2D eigenvalue weighted by Gasteiger charge is 2.10. The number of halogens is 1. The molecule has 0 aromatic heterocycles. The quantitative estimate of drug-likeness (QED) is 0.754. The monoisotopic (exact) mass is 313 g/mol. The molecule has 0 heterocycles. The molecule has 2 amide bonds. The van der Waals surface area contributed by atoms with Crippen LogP contribution in [0.5, 0.6) is 0 Å². The standard InChI is InChI=1S/C15H23N3O2.ClH/c1-10(16)7-8-15(20)17-11(2)13-5-4-6-14(9-13)18-12(3)19;/h4-6,9-11H,7-8,16H2,1-3H3,(H,17,20)(H,18,19);1H. The van der Waals surface area contributed by atoms with Crippen LogP contribution in [0.15, 0.2) is 24.3 Å². The van der Waals surface area contributed by atoms with Crippen molar-refractivity contribution >= 4 is 29.9 Å². The van der Waals surface area contributed by atoms with Crippen LogP contribution >= 0.6 is 12.4 Å². The molecule has 0 aliphatic heterocycles. The van der Waals surface area contributed by atoms with E-state index in [-0.39, 0.29) is 36.3 Å². The Bertz CT molecular complexity index is 478. The molecular formula is C15H24ClN3O2. The number of hydrogen-bond donors (Lipinski definition) is 3. The SMILES string of the molecule is CC(=O)Nc1cccc(C(C)NC(=O)CCC(C)N)c1.Cl. The number of nitrogens with one attached hydrogen (secondary N) is 2. The summed E-state index contributed by atoms with van der Waals surface area (Å²) in [6, 6.07) is 7.36. The van der Waals surface area contributed by atoms with Crippen molar-refractivity contribution in [2.75, 3.05) is 5.32 Å². The third kappa shape index (κ3) is 7.68.